The van der Waals surface area contributed by atoms with Crippen molar-refractivity contribution in [3.63, 3.8) is 0 Å². The maximum absolute atomic E-state index is 13.6. The van der Waals surface area contributed by atoms with E-state index in [1.165, 1.54) is 11.8 Å². The summed E-state index contributed by atoms with van der Waals surface area (Å²) >= 11 is 13.6. The molecule has 0 saturated heterocycles. The van der Waals surface area contributed by atoms with Crippen LogP contribution < -0.4 is 5.32 Å². The second-order valence-corrected chi connectivity index (χ2v) is 10.2. The van der Waals surface area contributed by atoms with Crippen molar-refractivity contribution in [3.05, 3.63) is 100 Å². The van der Waals surface area contributed by atoms with E-state index in [2.05, 4.69) is 5.32 Å². The first-order chi connectivity index (χ1) is 16.3. The predicted octanol–water partition coefficient (Wildman–Crippen LogP) is 6.25. The summed E-state index contributed by atoms with van der Waals surface area (Å²) in [5, 5.41) is 4.23. The Morgan fingerprint density at radius 1 is 0.882 bits per heavy atom. The first-order valence-corrected chi connectivity index (χ1v) is 12.8. The van der Waals surface area contributed by atoms with Gasteiger partial charge in [0.15, 0.2) is 0 Å². The molecular weight excluding hydrogens is 487 g/mol. The highest BCUT2D eigenvalue weighted by atomic mass is 35.5. The molecule has 0 bridgehead atoms. The molecule has 0 spiro atoms. The van der Waals surface area contributed by atoms with Gasteiger partial charge in [-0.05, 0) is 61.4 Å². The minimum Gasteiger partial charge on any atom is -0.352 e. The Bertz CT molecular complexity index is 1090. The fraction of sp³-hybridized carbons (Fsp3) is 0.259. The van der Waals surface area contributed by atoms with E-state index in [1.807, 2.05) is 74.5 Å². The SMILES string of the molecule is CC(C)NC(=O)[C@H](Cc1ccccc1)N(Cc1cccc(Cl)c1)C(=O)CSc1ccc(Cl)cc1. The standard InChI is InChI=1S/C27H28Cl2N2O2S/c1-19(2)30-27(33)25(16-20-7-4-3-5-8-20)31(17-21-9-6-10-23(29)15-21)26(32)18-34-24-13-11-22(28)12-14-24/h3-15,19,25H,16-18H2,1-2H3,(H,30,33)/t25-/m0/s1. The zero-order chi connectivity index (χ0) is 24.5. The van der Waals surface area contributed by atoms with E-state index in [9.17, 15) is 9.59 Å². The van der Waals surface area contributed by atoms with E-state index >= 15 is 0 Å². The topological polar surface area (TPSA) is 49.4 Å². The summed E-state index contributed by atoms with van der Waals surface area (Å²) in [4.78, 5) is 29.5. The van der Waals surface area contributed by atoms with Crippen LogP contribution in [0, 0.1) is 0 Å². The highest BCUT2D eigenvalue weighted by Gasteiger charge is 2.30. The molecule has 0 aliphatic rings. The summed E-state index contributed by atoms with van der Waals surface area (Å²) in [6.07, 6.45) is 0.414. The van der Waals surface area contributed by atoms with Crippen molar-refractivity contribution >= 4 is 46.8 Å². The van der Waals surface area contributed by atoms with Crippen molar-refractivity contribution in [3.8, 4) is 0 Å². The van der Waals surface area contributed by atoms with Crippen LogP contribution in [0.3, 0.4) is 0 Å². The summed E-state index contributed by atoms with van der Waals surface area (Å²) in [6, 6.07) is 23.8. The van der Waals surface area contributed by atoms with Crippen LogP contribution in [0.1, 0.15) is 25.0 Å². The molecule has 0 aliphatic carbocycles. The number of hydrogen-bond donors (Lipinski definition) is 1. The van der Waals surface area contributed by atoms with Gasteiger partial charge in [0.2, 0.25) is 11.8 Å². The van der Waals surface area contributed by atoms with Gasteiger partial charge in [0.05, 0.1) is 5.75 Å². The first-order valence-electron chi connectivity index (χ1n) is 11.1. The van der Waals surface area contributed by atoms with Gasteiger partial charge >= 0.3 is 0 Å². The van der Waals surface area contributed by atoms with Gasteiger partial charge in [-0.15, -0.1) is 11.8 Å². The Morgan fingerprint density at radius 2 is 1.56 bits per heavy atom. The van der Waals surface area contributed by atoms with Crippen LogP contribution in [-0.2, 0) is 22.6 Å². The van der Waals surface area contributed by atoms with E-state index in [1.54, 1.807) is 23.1 Å². The van der Waals surface area contributed by atoms with E-state index in [0.29, 0.717) is 16.5 Å². The van der Waals surface area contributed by atoms with Crippen LogP contribution in [0.15, 0.2) is 83.8 Å². The third-order valence-corrected chi connectivity index (χ3v) is 6.60. The summed E-state index contributed by atoms with van der Waals surface area (Å²) in [5.74, 6) is -0.104. The maximum atomic E-state index is 13.6. The zero-order valence-electron chi connectivity index (χ0n) is 19.2. The van der Waals surface area contributed by atoms with Gasteiger partial charge in [0.1, 0.15) is 6.04 Å². The molecule has 3 aromatic carbocycles. The molecule has 0 unspecified atom stereocenters. The number of carbonyl (C=O) groups is 2. The Balaban J connectivity index is 1.90. The van der Waals surface area contributed by atoms with Crippen LogP contribution in [0.4, 0.5) is 0 Å². The molecule has 0 saturated carbocycles. The van der Waals surface area contributed by atoms with Crippen molar-refractivity contribution in [2.24, 2.45) is 0 Å². The van der Waals surface area contributed by atoms with Crippen molar-refractivity contribution in [2.45, 2.75) is 43.8 Å². The molecule has 2 amide bonds. The average Bonchev–Trinajstić information content (AvgIpc) is 2.81. The summed E-state index contributed by atoms with van der Waals surface area (Å²) < 4.78 is 0. The molecule has 4 nitrogen and oxygen atoms in total. The number of hydrogen-bond acceptors (Lipinski definition) is 3. The van der Waals surface area contributed by atoms with Crippen molar-refractivity contribution in [2.75, 3.05) is 5.75 Å². The molecular formula is C27H28Cl2N2O2S. The smallest absolute Gasteiger partial charge is 0.243 e. The Hall–Kier alpha value is -2.47. The molecule has 0 aromatic heterocycles. The molecule has 0 heterocycles. The predicted molar refractivity (Wildman–Crippen MR) is 141 cm³/mol. The molecule has 34 heavy (non-hydrogen) atoms. The van der Waals surface area contributed by atoms with Crippen LogP contribution in [0.2, 0.25) is 10.0 Å². The average molecular weight is 516 g/mol. The monoisotopic (exact) mass is 514 g/mol. The van der Waals surface area contributed by atoms with E-state index in [4.69, 9.17) is 23.2 Å². The molecule has 1 atom stereocenters. The lowest BCUT2D eigenvalue weighted by Gasteiger charge is -2.32. The van der Waals surface area contributed by atoms with Gasteiger partial charge in [-0.1, -0.05) is 65.7 Å². The second-order valence-electron chi connectivity index (χ2n) is 8.26. The molecule has 178 valence electrons. The largest absolute Gasteiger partial charge is 0.352 e. The summed E-state index contributed by atoms with van der Waals surface area (Å²) in [6.45, 7) is 4.11. The molecule has 0 aliphatic heterocycles. The molecule has 1 N–H and O–H groups in total. The Morgan fingerprint density at radius 3 is 2.21 bits per heavy atom. The minimum absolute atomic E-state index is 0.0441. The van der Waals surface area contributed by atoms with Gasteiger partial charge in [0, 0.05) is 33.9 Å². The number of halogens is 2. The van der Waals surface area contributed by atoms with Gasteiger partial charge in [-0.3, -0.25) is 9.59 Å². The first kappa shape index (κ1) is 26.1. The molecule has 0 radical (unpaired) electrons. The Kier molecular flexibility index (Phi) is 9.87. The normalized spacial score (nSPS) is 11.8. The van der Waals surface area contributed by atoms with Gasteiger partial charge in [0.25, 0.3) is 0 Å². The number of amides is 2. The summed E-state index contributed by atoms with van der Waals surface area (Å²) in [5.41, 5.74) is 1.86. The van der Waals surface area contributed by atoms with Crippen molar-refractivity contribution in [1.82, 2.24) is 10.2 Å². The number of nitrogens with one attached hydrogen (secondary N) is 1. The van der Waals surface area contributed by atoms with E-state index < -0.39 is 6.04 Å². The molecule has 3 rings (SSSR count). The molecule has 7 heteroatoms. The van der Waals surface area contributed by atoms with Crippen LogP contribution in [0.5, 0.6) is 0 Å². The number of rotatable bonds is 10. The lowest BCUT2D eigenvalue weighted by molar-refractivity contribution is -0.139. The molecule has 0 fully saturated rings. The van der Waals surface area contributed by atoms with Crippen LogP contribution in [0.25, 0.3) is 0 Å². The highest BCUT2D eigenvalue weighted by Crippen LogP contribution is 2.23. The fourth-order valence-electron chi connectivity index (χ4n) is 3.53. The number of carbonyl (C=O) groups excluding carboxylic acids is 2. The van der Waals surface area contributed by atoms with Crippen molar-refractivity contribution < 1.29 is 9.59 Å². The van der Waals surface area contributed by atoms with Crippen molar-refractivity contribution in [1.29, 1.82) is 0 Å². The van der Waals surface area contributed by atoms with Crippen LogP contribution >= 0.6 is 35.0 Å². The number of thioether (sulfide) groups is 1. The third-order valence-electron chi connectivity index (χ3n) is 5.12. The van der Waals surface area contributed by atoms with E-state index in [-0.39, 0.29) is 30.2 Å². The quantitative estimate of drug-likeness (QED) is 0.325. The minimum atomic E-state index is -0.665. The highest BCUT2D eigenvalue weighted by molar-refractivity contribution is 8.00. The Labute approximate surface area is 215 Å². The maximum Gasteiger partial charge on any atom is 0.243 e. The lowest BCUT2D eigenvalue weighted by atomic mass is 10.0. The van der Waals surface area contributed by atoms with E-state index in [0.717, 1.165) is 16.0 Å². The zero-order valence-corrected chi connectivity index (χ0v) is 21.5. The van der Waals surface area contributed by atoms with Gasteiger partial charge < -0.3 is 10.2 Å². The lowest BCUT2D eigenvalue weighted by Crippen LogP contribution is -2.52. The van der Waals surface area contributed by atoms with Gasteiger partial charge in [-0.25, -0.2) is 0 Å². The number of nitrogens with zero attached hydrogens (tertiary/aromatic N) is 1. The summed E-state index contributed by atoms with van der Waals surface area (Å²) in [7, 11) is 0. The second kappa shape index (κ2) is 12.8. The fourth-order valence-corrected chi connectivity index (χ4v) is 4.65. The van der Waals surface area contributed by atoms with Crippen LogP contribution in [-0.4, -0.2) is 34.6 Å². The molecule has 3 aromatic rings. The number of benzene rings is 3. The third kappa shape index (κ3) is 8.08. The van der Waals surface area contributed by atoms with Gasteiger partial charge in [-0.2, -0.15) is 0 Å².